The number of aromatic nitrogens is 3. The molecule has 0 radical (unpaired) electrons. The molecule has 4 heterocycles. The average Bonchev–Trinajstić information content (AvgIpc) is 2.87. The SMILES string of the molecule is O=C(NCCCN1CCCc2ccccc21)c1c(-c2cncnc2)cc(=O)n2c1CCCC2. The summed E-state index contributed by atoms with van der Waals surface area (Å²) < 4.78 is 1.76. The van der Waals surface area contributed by atoms with E-state index in [-0.39, 0.29) is 11.5 Å². The van der Waals surface area contributed by atoms with Gasteiger partial charge in [-0.25, -0.2) is 9.97 Å². The van der Waals surface area contributed by atoms with Crippen molar-refractivity contribution in [2.24, 2.45) is 0 Å². The summed E-state index contributed by atoms with van der Waals surface area (Å²) in [6.07, 6.45) is 10.6. The van der Waals surface area contributed by atoms with E-state index in [9.17, 15) is 9.59 Å². The van der Waals surface area contributed by atoms with Crippen LogP contribution in [-0.2, 0) is 19.4 Å². The van der Waals surface area contributed by atoms with Gasteiger partial charge >= 0.3 is 0 Å². The number of aryl methyl sites for hydroxylation is 1. The normalized spacial score (nSPS) is 15.0. The first kappa shape index (κ1) is 21.4. The average molecular weight is 444 g/mol. The van der Waals surface area contributed by atoms with E-state index in [1.54, 1.807) is 23.0 Å². The molecule has 5 rings (SSSR count). The third kappa shape index (κ3) is 4.40. The van der Waals surface area contributed by atoms with Crippen molar-refractivity contribution in [2.45, 2.75) is 45.1 Å². The highest BCUT2D eigenvalue weighted by molar-refractivity contribution is 6.01. The second-order valence-corrected chi connectivity index (χ2v) is 8.78. The minimum atomic E-state index is -0.126. The molecule has 3 aromatic rings. The van der Waals surface area contributed by atoms with Crippen molar-refractivity contribution < 1.29 is 4.79 Å². The molecule has 0 spiro atoms. The standard InChI is InChI=1S/C26H29N5O2/c32-24-15-21(20-16-27-18-28-17-20)25(23-10-3-4-14-31(23)24)26(33)29-11-6-13-30-12-5-8-19-7-1-2-9-22(19)30/h1-2,7,9,15-18H,3-6,8,10-14H2,(H,29,33). The van der Waals surface area contributed by atoms with Crippen molar-refractivity contribution in [3.8, 4) is 11.1 Å². The number of benzene rings is 1. The topological polar surface area (TPSA) is 80.1 Å². The van der Waals surface area contributed by atoms with Gasteiger partial charge < -0.3 is 14.8 Å². The van der Waals surface area contributed by atoms with Gasteiger partial charge in [-0.05, 0) is 50.2 Å². The van der Waals surface area contributed by atoms with Crippen LogP contribution in [0, 0.1) is 0 Å². The molecule has 1 aromatic carbocycles. The van der Waals surface area contributed by atoms with E-state index in [1.165, 1.54) is 17.6 Å². The van der Waals surface area contributed by atoms with Crippen molar-refractivity contribution in [1.29, 1.82) is 0 Å². The van der Waals surface area contributed by atoms with E-state index < -0.39 is 0 Å². The second kappa shape index (κ2) is 9.57. The molecule has 0 atom stereocenters. The van der Waals surface area contributed by atoms with Crippen molar-refractivity contribution in [1.82, 2.24) is 19.9 Å². The summed E-state index contributed by atoms with van der Waals surface area (Å²) in [6.45, 7) is 3.20. The Morgan fingerprint density at radius 1 is 1.03 bits per heavy atom. The fraction of sp³-hybridized carbons (Fsp3) is 0.385. The van der Waals surface area contributed by atoms with Crippen LogP contribution in [-0.4, -0.2) is 40.1 Å². The molecule has 0 saturated heterocycles. The molecule has 170 valence electrons. The van der Waals surface area contributed by atoms with Crippen molar-refractivity contribution in [2.75, 3.05) is 24.5 Å². The Balaban J connectivity index is 1.33. The minimum absolute atomic E-state index is 0.0659. The summed E-state index contributed by atoms with van der Waals surface area (Å²) in [5.74, 6) is -0.126. The predicted molar refractivity (Wildman–Crippen MR) is 129 cm³/mol. The van der Waals surface area contributed by atoms with E-state index in [1.807, 2.05) is 0 Å². The van der Waals surface area contributed by atoms with Gasteiger partial charge in [0.25, 0.3) is 11.5 Å². The fourth-order valence-electron chi connectivity index (χ4n) is 5.09. The Morgan fingerprint density at radius 2 is 1.88 bits per heavy atom. The Morgan fingerprint density at radius 3 is 2.76 bits per heavy atom. The summed E-state index contributed by atoms with van der Waals surface area (Å²) in [4.78, 5) is 36.7. The minimum Gasteiger partial charge on any atom is -0.371 e. The van der Waals surface area contributed by atoms with Crippen LogP contribution >= 0.6 is 0 Å². The highest BCUT2D eigenvalue weighted by Crippen LogP contribution is 2.28. The molecule has 1 N–H and O–H groups in total. The number of carbonyl (C=O) groups is 1. The van der Waals surface area contributed by atoms with Gasteiger partial charge in [-0.15, -0.1) is 0 Å². The highest BCUT2D eigenvalue weighted by Gasteiger charge is 2.24. The Bertz CT molecular complexity index is 1210. The van der Waals surface area contributed by atoms with Crippen LogP contribution in [0.5, 0.6) is 0 Å². The van der Waals surface area contributed by atoms with Gasteiger partial charge in [0.2, 0.25) is 0 Å². The van der Waals surface area contributed by atoms with E-state index in [0.717, 1.165) is 57.3 Å². The lowest BCUT2D eigenvalue weighted by Gasteiger charge is -2.31. The number of hydrogen-bond donors (Lipinski definition) is 1. The number of nitrogens with zero attached hydrogens (tertiary/aromatic N) is 4. The molecule has 0 aliphatic carbocycles. The molecule has 33 heavy (non-hydrogen) atoms. The number of nitrogens with one attached hydrogen (secondary N) is 1. The van der Waals surface area contributed by atoms with Gasteiger partial charge in [-0.2, -0.15) is 0 Å². The first-order valence-corrected chi connectivity index (χ1v) is 11.9. The number of fused-ring (bicyclic) bond motifs is 2. The molecular formula is C26H29N5O2. The van der Waals surface area contributed by atoms with Crippen molar-refractivity contribution >= 4 is 11.6 Å². The summed E-state index contributed by atoms with van der Waals surface area (Å²) >= 11 is 0. The molecule has 2 aliphatic heterocycles. The summed E-state index contributed by atoms with van der Waals surface area (Å²) in [5.41, 5.74) is 5.39. The molecule has 2 aromatic heterocycles. The highest BCUT2D eigenvalue weighted by atomic mass is 16.2. The Labute approximate surface area is 193 Å². The lowest BCUT2D eigenvalue weighted by Crippen LogP contribution is -2.35. The van der Waals surface area contributed by atoms with Gasteiger partial charge in [-0.3, -0.25) is 9.59 Å². The number of pyridine rings is 1. The molecule has 1 amide bonds. The summed E-state index contributed by atoms with van der Waals surface area (Å²) in [5, 5.41) is 3.12. The number of anilines is 1. The third-order valence-electron chi connectivity index (χ3n) is 6.66. The zero-order chi connectivity index (χ0) is 22.6. The predicted octanol–water partition coefficient (Wildman–Crippen LogP) is 3.21. The smallest absolute Gasteiger partial charge is 0.253 e. The van der Waals surface area contributed by atoms with E-state index in [2.05, 4.69) is 44.5 Å². The maximum absolute atomic E-state index is 13.4. The fourth-order valence-corrected chi connectivity index (χ4v) is 5.09. The molecular weight excluding hydrogens is 414 g/mol. The Hall–Kier alpha value is -3.48. The molecule has 7 heteroatoms. The van der Waals surface area contributed by atoms with Crippen LogP contribution < -0.4 is 15.8 Å². The third-order valence-corrected chi connectivity index (χ3v) is 6.66. The van der Waals surface area contributed by atoms with Gasteiger partial charge in [0.05, 0.1) is 5.56 Å². The van der Waals surface area contributed by atoms with Crippen LogP contribution in [0.15, 0.2) is 53.8 Å². The van der Waals surface area contributed by atoms with Gasteiger partial charge in [-0.1, -0.05) is 18.2 Å². The number of carbonyl (C=O) groups excluding carboxylic acids is 1. The van der Waals surface area contributed by atoms with E-state index >= 15 is 0 Å². The van der Waals surface area contributed by atoms with Crippen LogP contribution in [0.2, 0.25) is 0 Å². The largest absolute Gasteiger partial charge is 0.371 e. The number of para-hydroxylation sites is 1. The summed E-state index contributed by atoms with van der Waals surface area (Å²) in [7, 11) is 0. The molecule has 0 fully saturated rings. The monoisotopic (exact) mass is 443 g/mol. The number of amides is 1. The maximum Gasteiger partial charge on any atom is 0.253 e. The van der Waals surface area contributed by atoms with E-state index in [4.69, 9.17) is 0 Å². The van der Waals surface area contributed by atoms with Crippen molar-refractivity contribution in [3.05, 3.63) is 76.2 Å². The molecule has 2 aliphatic rings. The number of rotatable bonds is 6. The second-order valence-electron chi connectivity index (χ2n) is 8.78. The van der Waals surface area contributed by atoms with Crippen LogP contribution in [0.25, 0.3) is 11.1 Å². The lowest BCUT2D eigenvalue weighted by molar-refractivity contribution is 0.0951. The first-order valence-electron chi connectivity index (χ1n) is 11.9. The zero-order valence-corrected chi connectivity index (χ0v) is 18.8. The summed E-state index contributed by atoms with van der Waals surface area (Å²) in [6, 6.07) is 10.2. The van der Waals surface area contributed by atoms with Crippen LogP contribution in [0.1, 0.15) is 47.3 Å². The molecule has 0 saturated carbocycles. The van der Waals surface area contributed by atoms with E-state index in [0.29, 0.717) is 29.8 Å². The molecule has 0 bridgehead atoms. The van der Waals surface area contributed by atoms with Crippen molar-refractivity contribution in [3.63, 3.8) is 0 Å². The maximum atomic E-state index is 13.4. The zero-order valence-electron chi connectivity index (χ0n) is 18.8. The van der Waals surface area contributed by atoms with Gasteiger partial charge in [0.1, 0.15) is 6.33 Å². The Kier molecular flexibility index (Phi) is 6.19. The van der Waals surface area contributed by atoms with Gasteiger partial charge in [0.15, 0.2) is 0 Å². The van der Waals surface area contributed by atoms with Gasteiger partial charge in [0, 0.05) is 67.1 Å². The first-order chi connectivity index (χ1) is 16.2. The number of hydrogen-bond acceptors (Lipinski definition) is 5. The molecule has 7 nitrogen and oxygen atoms in total. The van der Waals surface area contributed by atoms with Crippen LogP contribution in [0.3, 0.4) is 0 Å². The van der Waals surface area contributed by atoms with Crippen LogP contribution in [0.4, 0.5) is 5.69 Å². The lowest BCUT2D eigenvalue weighted by atomic mass is 9.95. The molecule has 0 unspecified atom stereocenters. The quantitative estimate of drug-likeness (QED) is 0.592.